The van der Waals surface area contributed by atoms with Crippen molar-refractivity contribution in [2.75, 3.05) is 0 Å². The minimum Gasteiger partial charge on any atom is -0.484 e. The van der Waals surface area contributed by atoms with Crippen molar-refractivity contribution >= 4 is 17.4 Å². The molecule has 0 fully saturated rings. The molecule has 0 saturated heterocycles. The van der Waals surface area contributed by atoms with Crippen molar-refractivity contribution in [3.8, 4) is 5.75 Å². The summed E-state index contributed by atoms with van der Waals surface area (Å²) >= 11 is 5.86. The van der Waals surface area contributed by atoms with E-state index in [1.807, 2.05) is 0 Å². The van der Waals surface area contributed by atoms with Crippen molar-refractivity contribution in [3.63, 3.8) is 0 Å². The Hall–Kier alpha value is -2.27. The van der Waals surface area contributed by atoms with Crippen LogP contribution in [0.25, 0.3) is 0 Å². The van der Waals surface area contributed by atoms with Gasteiger partial charge in [-0.15, -0.1) is 0 Å². The average molecular weight is 295 g/mol. The smallest absolute Gasteiger partial charge is 0.174 e. The fourth-order valence-electron chi connectivity index (χ4n) is 1.61. The number of rotatable bonds is 4. The maximum atomic E-state index is 13.5. The number of ether oxygens (including phenoxy) is 1. The van der Waals surface area contributed by atoms with Crippen molar-refractivity contribution < 1.29 is 14.3 Å². The molecular formula is C14H12ClFN2O2. The minimum atomic E-state index is -0.509. The first kappa shape index (κ1) is 14.1. The fraction of sp³-hybridized carbons (Fsp3) is 0.0714. The zero-order valence-electron chi connectivity index (χ0n) is 10.4. The van der Waals surface area contributed by atoms with Gasteiger partial charge in [0.05, 0.1) is 5.02 Å². The third-order valence-electron chi connectivity index (χ3n) is 2.66. The summed E-state index contributed by atoms with van der Waals surface area (Å²) in [6.07, 6.45) is 0. The monoisotopic (exact) mass is 294 g/mol. The highest BCUT2D eigenvalue weighted by molar-refractivity contribution is 6.32. The highest BCUT2D eigenvalue weighted by Gasteiger charge is 2.08. The number of nitrogens with zero attached hydrogens (tertiary/aromatic N) is 1. The minimum absolute atomic E-state index is 0.0228. The Morgan fingerprint density at radius 1 is 1.25 bits per heavy atom. The molecule has 0 saturated carbocycles. The molecule has 0 atom stereocenters. The molecule has 2 aromatic carbocycles. The molecule has 0 spiro atoms. The van der Waals surface area contributed by atoms with Crippen molar-refractivity contribution in [2.45, 2.75) is 6.61 Å². The summed E-state index contributed by atoms with van der Waals surface area (Å²) in [5.41, 5.74) is 6.84. The Kier molecular flexibility index (Phi) is 4.42. The second kappa shape index (κ2) is 6.25. The van der Waals surface area contributed by atoms with Gasteiger partial charge in [0.1, 0.15) is 6.61 Å². The van der Waals surface area contributed by atoms with Crippen LogP contribution in [0.3, 0.4) is 0 Å². The van der Waals surface area contributed by atoms with Crippen molar-refractivity contribution in [3.05, 3.63) is 64.4 Å². The number of benzene rings is 2. The van der Waals surface area contributed by atoms with Crippen LogP contribution in [0.2, 0.25) is 5.02 Å². The SMILES string of the molecule is N/C(=N/O)c1ccc(COc2c(F)cccc2Cl)cc1. The summed E-state index contributed by atoms with van der Waals surface area (Å²) in [5, 5.41) is 11.7. The standard InChI is InChI=1S/C14H12ClFN2O2/c15-11-2-1-3-12(16)13(11)20-8-9-4-6-10(7-5-9)14(17)18-19/h1-7,19H,8H2,(H2,17,18). The van der Waals surface area contributed by atoms with Gasteiger partial charge in [-0.2, -0.15) is 0 Å². The van der Waals surface area contributed by atoms with Crippen molar-refractivity contribution in [1.82, 2.24) is 0 Å². The molecule has 3 N–H and O–H groups in total. The summed E-state index contributed by atoms with van der Waals surface area (Å²) in [6, 6.07) is 11.2. The van der Waals surface area contributed by atoms with Gasteiger partial charge in [-0.05, 0) is 17.7 Å². The van der Waals surface area contributed by atoms with Gasteiger partial charge in [-0.3, -0.25) is 0 Å². The molecule has 0 radical (unpaired) electrons. The van der Waals surface area contributed by atoms with Gasteiger partial charge >= 0.3 is 0 Å². The van der Waals surface area contributed by atoms with Crippen molar-refractivity contribution in [2.24, 2.45) is 10.9 Å². The number of para-hydroxylation sites is 1. The molecule has 6 heteroatoms. The van der Waals surface area contributed by atoms with E-state index in [-0.39, 0.29) is 23.2 Å². The van der Waals surface area contributed by atoms with Crippen LogP contribution in [0.4, 0.5) is 4.39 Å². The molecule has 0 aromatic heterocycles. The van der Waals surface area contributed by atoms with E-state index < -0.39 is 5.82 Å². The zero-order chi connectivity index (χ0) is 14.5. The lowest BCUT2D eigenvalue weighted by atomic mass is 10.1. The van der Waals surface area contributed by atoms with Crippen LogP contribution >= 0.6 is 11.6 Å². The molecular weight excluding hydrogens is 283 g/mol. The van der Waals surface area contributed by atoms with Crippen LogP contribution in [-0.4, -0.2) is 11.0 Å². The van der Waals surface area contributed by atoms with Gasteiger partial charge < -0.3 is 15.7 Å². The summed E-state index contributed by atoms with van der Waals surface area (Å²) in [4.78, 5) is 0. The molecule has 0 aliphatic rings. The molecule has 0 bridgehead atoms. The van der Waals surface area contributed by atoms with Gasteiger partial charge in [0.15, 0.2) is 17.4 Å². The maximum Gasteiger partial charge on any atom is 0.174 e. The molecule has 4 nitrogen and oxygen atoms in total. The summed E-state index contributed by atoms with van der Waals surface area (Å²) in [6.45, 7) is 0.164. The van der Waals surface area contributed by atoms with Gasteiger partial charge in [0.2, 0.25) is 0 Å². The predicted molar refractivity (Wildman–Crippen MR) is 74.7 cm³/mol. The molecule has 20 heavy (non-hydrogen) atoms. The van der Waals surface area contributed by atoms with E-state index >= 15 is 0 Å². The predicted octanol–water partition coefficient (Wildman–Crippen LogP) is 3.15. The van der Waals surface area contributed by atoms with Gasteiger partial charge in [-0.1, -0.05) is 47.1 Å². The Morgan fingerprint density at radius 3 is 2.55 bits per heavy atom. The molecule has 2 aromatic rings. The van der Waals surface area contributed by atoms with Crippen LogP contribution in [-0.2, 0) is 6.61 Å². The number of halogens is 2. The van der Waals surface area contributed by atoms with E-state index in [4.69, 9.17) is 27.3 Å². The second-order valence-corrected chi connectivity index (χ2v) is 4.43. The third-order valence-corrected chi connectivity index (χ3v) is 2.96. The Morgan fingerprint density at radius 2 is 1.95 bits per heavy atom. The molecule has 104 valence electrons. The van der Waals surface area contributed by atoms with Crippen LogP contribution in [0.1, 0.15) is 11.1 Å². The number of hydrogen-bond acceptors (Lipinski definition) is 3. The number of amidine groups is 1. The number of nitrogens with two attached hydrogens (primary N) is 1. The maximum absolute atomic E-state index is 13.5. The topological polar surface area (TPSA) is 67.8 Å². The summed E-state index contributed by atoms with van der Waals surface area (Å²) in [5.74, 6) is -0.463. The Bertz CT molecular complexity index is 609. The van der Waals surface area contributed by atoms with Gasteiger partial charge in [0, 0.05) is 5.56 Å². The van der Waals surface area contributed by atoms with Crippen molar-refractivity contribution in [1.29, 1.82) is 0 Å². The highest BCUT2D eigenvalue weighted by atomic mass is 35.5. The van der Waals surface area contributed by atoms with E-state index in [9.17, 15) is 4.39 Å². The Balaban J connectivity index is 2.08. The Labute approximate surface area is 120 Å². The first-order chi connectivity index (χ1) is 9.61. The largest absolute Gasteiger partial charge is 0.484 e. The lowest BCUT2D eigenvalue weighted by Gasteiger charge is -2.09. The molecule has 0 heterocycles. The molecule has 0 aliphatic heterocycles. The van der Waals surface area contributed by atoms with Crippen LogP contribution < -0.4 is 10.5 Å². The zero-order valence-corrected chi connectivity index (χ0v) is 11.1. The fourth-order valence-corrected chi connectivity index (χ4v) is 1.82. The first-order valence-electron chi connectivity index (χ1n) is 5.75. The quantitative estimate of drug-likeness (QED) is 0.394. The van der Waals surface area contributed by atoms with E-state index in [1.165, 1.54) is 12.1 Å². The number of oxime groups is 1. The number of hydrogen-bond donors (Lipinski definition) is 2. The third kappa shape index (κ3) is 3.19. The molecule has 2 rings (SSSR count). The average Bonchev–Trinajstić information content (AvgIpc) is 2.46. The van der Waals surface area contributed by atoms with E-state index in [0.29, 0.717) is 5.56 Å². The highest BCUT2D eigenvalue weighted by Crippen LogP contribution is 2.27. The second-order valence-electron chi connectivity index (χ2n) is 4.02. The van der Waals surface area contributed by atoms with Crippen LogP contribution in [0, 0.1) is 5.82 Å². The molecule has 0 unspecified atom stereocenters. The van der Waals surface area contributed by atoms with E-state index in [1.54, 1.807) is 30.3 Å². The van der Waals surface area contributed by atoms with E-state index in [2.05, 4.69) is 5.16 Å². The normalized spacial score (nSPS) is 11.4. The first-order valence-corrected chi connectivity index (χ1v) is 6.13. The summed E-state index contributed by atoms with van der Waals surface area (Å²) in [7, 11) is 0. The summed E-state index contributed by atoms with van der Waals surface area (Å²) < 4.78 is 18.9. The molecule has 0 aliphatic carbocycles. The van der Waals surface area contributed by atoms with E-state index in [0.717, 1.165) is 5.56 Å². The lowest BCUT2D eigenvalue weighted by molar-refractivity contribution is 0.290. The van der Waals surface area contributed by atoms with Crippen LogP contribution in [0.15, 0.2) is 47.6 Å². The van der Waals surface area contributed by atoms with Gasteiger partial charge in [-0.25, -0.2) is 4.39 Å². The van der Waals surface area contributed by atoms with Crippen LogP contribution in [0.5, 0.6) is 5.75 Å². The van der Waals surface area contributed by atoms with Gasteiger partial charge in [0.25, 0.3) is 0 Å². The lowest BCUT2D eigenvalue weighted by Crippen LogP contribution is -2.12. The molecule has 0 amide bonds.